The Morgan fingerprint density at radius 2 is 1.59 bits per heavy atom. The molecule has 0 atom stereocenters. The van der Waals surface area contributed by atoms with E-state index in [1.807, 2.05) is 61.5 Å². The summed E-state index contributed by atoms with van der Waals surface area (Å²) in [4.78, 5) is 12.1. The first-order valence-electron chi connectivity index (χ1n) is 8.60. The summed E-state index contributed by atoms with van der Waals surface area (Å²) >= 11 is 0. The summed E-state index contributed by atoms with van der Waals surface area (Å²) in [5.41, 5.74) is 3.38. The number of hydrogen-bond donors (Lipinski definition) is 3. The van der Waals surface area contributed by atoms with E-state index in [-0.39, 0.29) is 11.9 Å². The Morgan fingerprint density at radius 1 is 0.926 bits per heavy atom. The predicted octanol–water partition coefficient (Wildman–Crippen LogP) is 4.35. The Kier molecular flexibility index (Phi) is 5.84. The van der Waals surface area contributed by atoms with E-state index < -0.39 is 0 Å². The number of amides is 1. The molecular weight excluding hydrogens is 338 g/mol. The smallest absolute Gasteiger partial charge is 0.257 e. The van der Waals surface area contributed by atoms with Crippen LogP contribution in [0.15, 0.2) is 78.9 Å². The maximum atomic E-state index is 12.1. The molecule has 0 aromatic heterocycles. The fraction of sp³-hybridized carbons (Fsp3) is 0.0909. The van der Waals surface area contributed by atoms with Crippen LogP contribution in [-0.4, -0.2) is 11.9 Å². The molecule has 0 saturated heterocycles. The van der Waals surface area contributed by atoms with E-state index in [0.29, 0.717) is 17.9 Å². The average molecular weight is 359 g/mol. The first-order valence-corrected chi connectivity index (χ1v) is 8.60. The van der Waals surface area contributed by atoms with E-state index in [0.717, 1.165) is 16.9 Å². The van der Waals surface area contributed by atoms with E-state index in [1.54, 1.807) is 24.3 Å². The minimum atomic E-state index is -0.324. The van der Waals surface area contributed by atoms with Crippen molar-refractivity contribution in [2.45, 2.75) is 13.5 Å². The molecule has 0 unspecified atom stereocenters. The van der Waals surface area contributed by atoms with Crippen LogP contribution in [0.1, 0.15) is 21.5 Å². The Labute approximate surface area is 158 Å². The van der Waals surface area contributed by atoms with Crippen molar-refractivity contribution in [2.24, 2.45) is 0 Å². The number of anilines is 1. The highest BCUT2D eigenvalue weighted by atomic mass is 16.5. The van der Waals surface area contributed by atoms with Crippen LogP contribution >= 0.6 is 0 Å². The van der Waals surface area contributed by atoms with Gasteiger partial charge in [-0.25, -0.2) is 0 Å². The van der Waals surface area contributed by atoms with Crippen LogP contribution in [0.3, 0.4) is 0 Å². The average Bonchev–Trinajstić information content (AvgIpc) is 2.68. The molecule has 0 fully saturated rings. The molecule has 3 N–H and O–H groups in total. The Bertz CT molecular complexity index is 905. The lowest BCUT2D eigenvalue weighted by atomic mass is 10.1. The second kappa shape index (κ2) is 8.67. The number of ether oxygens (including phenoxy) is 1. The van der Waals surface area contributed by atoms with Crippen LogP contribution < -0.4 is 15.4 Å². The van der Waals surface area contributed by atoms with Crippen LogP contribution in [0, 0.1) is 12.3 Å². The summed E-state index contributed by atoms with van der Waals surface area (Å²) in [7, 11) is 0. The molecule has 3 aromatic rings. The van der Waals surface area contributed by atoms with Crippen molar-refractivity contribution in [1.82, 2.24) is 5.32 Å². The fourth-order valence-electron chi connectivity index (χ4n) is 2.44. The fourth-order valence-corrected chi connectivity index (χ4v) is 2.44. The minimum absolute atomic E-state index is 0.0847. The molecule has 0 bridgehead atoms. The molecule has 0 aliphatic rings. The van der Waals surface area contributed by atoms with Crippen molar-refractivity contribution in [1.29, 1.82) is 5.41 Å². The van der Waals surface area contributed by atoms with Gasteiger partial charge in [0.25, 0.3) is 5.91 Å². The van der Waals surface area contributed by atoms with Crippen LogP contribution in [0.25, 0.3) is 0 Å². The third kappa shape index (κ3) is 5.44. The van der Waals surface area contributed by atoms with Gasteiger partial charge < -0.3 is 10.1 Å². The van der Waals surface area contributed by atoms with Gasteiger partial charge in [-0.3, -0.25) is 15.5 Å². The Hall–Kier alpha value is -3.60. The van der Waals surface area contributed by atoms with E-state index in [1.165, 1.54) is 0 Å². The number of hydrogen-bond acceptors (Lipinski definition) is 3. The number of benzene rings is 3. The van der Waals surface area contributed by atoms with Crippen LogP contribution in [0.4, 0.5) is 5.69 Å². The number of carbonyl (C=O) groups is 1. The third-order valence-corrected chi connectivity index (χ3v) is 3.92. The first-order chi connectivity index (χ1) is 13.1. The molecule has 1 amide bonds. The van der Waals surface area contributed by atoms with Crippen LogP contribution in [0.2, 0.25) is 0 Å². The van der Waals surface area contributed by atoms with Crippen LogP contribution in [-0.2, 0) is 6.61 Å². The predicted molar refractivity (Wildman–Crippen MR) is 107 cm³/mol. The lowest BCUT2D eigenvalue weighted by Gasteiger charge is -2.11. The standard InChI is InChI=1S/C22H21N3O2/c1-16-7-9-18(10-8-16)21(26)25-22(23)24-19-11-13-20(14-12-19)27-15-17-5-3-2-4-6-17/h2-14H,15H2,1H3,(H3,23,24,25,26). The number of nitrogens with one attached hydrogen (secondary N) is 3. The van der Waals surface area contributed by atoms with Crippen LogP contribution in [0.5, 0.6) is 5.75 Å². The number of rotatable bonds is 5. The Balaban J connectivity index is 1.50. The molecule has 0 heterocycles. The number of carbonyl (C=O) groups excluding carboxylic acids is 1. The number of guanidine groups is 1. The SMILES string of the molecule is Cc1ccc(C(=O)NC(=N)Nc2ccc(OCc3ccccc3)cc2)cc1. The molecule has 0 radical (unpaired) electrons. The molecule has 0 aliphatic carbocycles. The van der Waals surface area contributed by atoms with Crippen molar-refractivity contribution in [3.8, 4) is 5.75 Å². The summed E-state index contributed by atoms with van der Waals surface area (Å²) in [6.07, 6.45) is 0. The van der Waals surface area contributed by atoms with Gasteiger partial charge in [-0.2, -0.15) is 0 Å². The normalized spacial score (nSPS) is 10.1. The minimum Gasteiger partial charge on any atom is -0.489 e. The van der Waals surface area contributed by atoms with Crippen molar-refractivity contribution in [3.05, 3.63) is 95.6 Å². The highest BCUT2D eigenvalue weighted by Crippen LogP contribution is 2.17. The van der Waals surface area contributed by atoms with Gasteiger partial charge in [0.1, 0.15) is 12.4 Å². The topological polar surface area (TPSA) is 74.2 Å². The van der Waals surface area contributed by atoms with E-state index in [4.69, 9.17) is 10.1 Å². The van der Waals surface area contributed by atoms with E-state index in [9.17, 15) is 4.79 Å². The van der Waals surface area contributed by atoms with Gasteiger partial charge in [0.15, 0.2) is 5.96 Å². The first kappa shape index (κ1) is 18.2. The quantitative estimate of drug-likeness (QED) is 0.468. The summed E-state index contributed by atoms with van der Waals surface area (Å²) in [5, 5.41) is 13.3. The van der Waals surface area contributed by atoms with Crippen molar-refractivity contribution in [3.63, 3.8) is 0 Å². The molecule has 5 heteroatoms. The summed E-state index contributed by atoms with van der Waals surface area (Å²) in [6.45, 7) is 2.45. The summed E-state index contributed by atoms with van der Waals surface area (Å²) in [5.74, 6) is 0.327. The van der Waals surface area contributed by atoms with Gasteiger partial charge in [0.2, 0.25) is 0 Å². The molecule has 0 aliphatic heterocycles. The molecule has 136 valence electrons. The summed E-state index contributed by atoms with van der Waals surface area (Å²) < 4.78 is 5.73. The zero-order valence-corrected chi connectivity index (χ0v) is 15.0. The zero-order valence-electron chi connectivity index (χ0n) is 15.0. The van der Waals surface area contributed by atoms with Gasteiger partial charge in [-0.05, 0) is 48.9 Å². The van der Waals surface area contributed by atoms with Crippen molar-refractivity contribution >= 4 is 17.6 Å². The van der Waals surface area contributed by atoms with Gasteiger partial charge in [0.05, 0.1) is 0 Å². The van der Waals surface area contributed by atoms with E-state index in [2.05, 4.69) is 10.6 Å². The zero-order chi connectivity index (χ0) is 19.1. The maximum absolute atomic E-state index is 12.1. The summed E-state index contributed by atoms with van der Waals surface area (Å²) in [6, 6.07) is 24.4. The molecule has 27 heavy (non-hydrogen) atoms. The highest BCUT2D eigenvalue weighted by molar-refractivity contribution is 6.08. The monoisotopic (exact) mass is 359 g/mol. The molecule has 0 saturated carbocycles. The lowest BCUT2D eigenvalue weighted by Crippen LogP contribution is -2.35. The molecule has 3 aromatic carbocycles. The van der Waals surface area contributed by atoms with Gasteiger partial charge >= 0.3 is 0 Å². The van der Waals surface area contributed by atoms with Gasteiger partial charge in [-0.15, -0.1) is 0 Å². The Morgan fingerprint density at radius 3 is 2.26 bits per heavy atom. The molecular formula is C22H21N3O2. The largest absolute Gasteiger partial charge is 0.489 e. The second-order valence-electron chi connectivity index (χ2n) is 6.12. The number of aryl methyl sites for hydroxylation is 1. The van der Waals surface area contributed by atoms with E-state index >= 15 is 0 Å². The third-order valence-electron chi connectivity index (χ3n) is 3.92. The van der Waals surface area contributed by atoms with Crippen molar-refractivity contribution in [2.75, 3.05) is 5.32 Å². The highest BCUT2D eigenvalue weighted by Gasteiger charge is 2.08. The van der Waals surface area contributed by atoms with Crippen molar-refractivity contribution < 1.29 is 9.53 Å². The van der Waals surface area contributed by atoms with Gasteiger partial charge in [-0.1, -0.05) is 48.0 Å². The van der Waals surface area contributed by atoms with Gasteiger partial charge in [0, 0.05) is 11.3 Å². The molecule has 0 spiro atoms. The lowest BCUT2D eigenvalue weighted by molar-refractivity contribution is 0.0977. The molecule has 3 rings (SSSR count). The molecule has 5 nitrogen and oxygen atoms in total. The second-order valence-corrected chi connectivity index (χ2v) is 6.12. The maximum Gasteiger partial charge on any atom is 0.257 e.